The number of ketones is 1. The summed E-state index contributed by atoms with van der Waals surface area (Å²) >= 11 is 5.45. The van der Waals surface area contributed by atoms with Gasteiger partial charge in [0.1, 0.15) is 11.9 Å². The normalized spacial score (nSPS) is 13.7. The van der Waals surface area contributed by atoms with Gasteiger partial charge < -0.3 is 15.5 Å². The van der Waals surface area contributed by atoms with Crippen molar-refractivity contribution in [3.05, 3.63) is 29.8 Å². The molecular formula is C13H16ClNO4. The minimum Gasteiger partial charge on any atom is -0.389 e. The molecule has 0 saturated heterocycles. The van der Waals surface area contributed by atoms with E-state index in [2.05, 4.69) is 5.32 Å². The first-order valence-corrected chi connectivity index (χ1v) is 6.29. The molecule has 1 rings (SSSR count). The molecule has 0 fully saturated rings. The first-order chi connectivity index (χ1) is 8.93. The second kappa shape index (κ2) is 7.23. The highest BCUT2D eigenvalue weighted by Crippen LogP contribution is 2.20. The molecule has 6 heteroatoms. The molecule has 2 unspecified atom stereocenters. The largest absolute Gasteiger partial charge is 0.389 e. The van der Waals surface area contributed by atoms with Gasteiger partial charge in [0.15, 0.2) is 0 Å². The van der Waals surface area contributed by atoms with Crippen LogP contribution in [0.3, 0.4) is 0 Å². The predicted molar refractivity (Wildman–Crippen MR) is 72.1 cm³/mol. The summed E-state index contributed by atoms with van der Waals surface area (Å²) in [4.78, 5) is 22.1. The van der Waals surface area contributed by atoms with Gasteiger partial charge in [0, 0.05) is 5.69 Å². The van der Waals surface area contributed by atoms with Crippen LogP contribution >= 0.6 is 11.6 Å². The van der Waals surface area contributed by atoms with Crippen LogP contribution in [0.15, 0.2) is 24.3 Å². The van der Waals surface area contributed by atoms with Crippen molar-refractivity contribution in [2.24, 2.45) is 0 Å². The van der Waals surface area contributed by atoms with E-state index in [1.807, 2.05) is 0 Å². The molecule has 2 atom stereocenters. The van der Waals surface area contributed by atoms with Crippen LogP contribution in [0.1, 0.15) is 25.0 Å². The summed E-state index contributed by atoms with van der Waals surface area (Å²) in [5.41, 5.74) is 1.01. The van der Waals surface area contributed by atoms with Crippen molar-refractivity contribution < 1.29 is 19.8 Å². The molecule has 5 nitrogen and oxygen atoms in total. The molecule has 0 radical (unpaired) electrons. The molecule has 0 aliphatic heterocycles. The molecule has 0 aromatic heterocycles. The summed E-state index contributed by atoms with van der Waals surface area (Å²) < 4.78 is 0. The number of alkyl halides is 1. The summed E-state index contributed by atoms with van der Waals surface area (Å²) in [6, 6.07) is 6.31. The van der Waals surface area contributed by atoms with Gasteiger partial charge >= 0.3 is 0 Å². The monoisotopic (exact) mass is 285 g/mol. The maximum Gasteiger partial charge on any atom is 0.231 e. The Bertz CT molecular complexity index is 446. The van der Waals surface area contributed by atoms with Crippen molar-refractivity contribution in [2.45, 2.75) is 25.6 Å². The van der Waals surface area contributed by atoms with Crippen LogP contribution in [0.5, 0.6) is 0 Å². The van der Waals surface area contributed by atoms with Gasteiger partial charge in [0.25, 0.3) is 0 Å². The third kappa shape index (κ3) is 4.98. The van der Waals surface area contributed by atoms with Crippen LogP contribution in [0.4, 0.5) is 5.69 Å². The molecule has 0 aliphatic carbocycles. The van der Waals surface area contributed by atoms with E-state index in [9.17, 15) is 19.8 Å². The van der Waals surface area contributed by atoms with Crippen molar-refractivity contribution in [2.75, 3.05) is 11.2 Å². The number of Topliss-reactive ketones (excluding diaryl/α,β-unsaturated/α-hetero) is 1. The minimum absolute atomic E-state index is 0.0712. The summed E-state index contributed by atoms with van der Waals surface area (Å²) in [5, 5.41) is 21.7. The minimum atomic E-state index is -1.07. The van der Waals surface area contributed by atoms with E-state index in [1.165, 1.54) is 6.92 Å². The number of rotatable bonds is 6. The van der Waals surface area contributed by atoms with Gasteiger partial charge in [-0.05, 0) is 24.6 Å². The number of halogens is 1. The zero-order chi connectivity index (χ0) is 14.4. The van der Waals surface area contributed by atoms with E-state index in [-0.39, 0.29) is 24.0 Å². The highest BCUT2D eigenvalue weighted by molar-refractivity contribution is 6.18. The van der Waals surface area contributed by atoms with Gasteiger partial charge in [-0.3, -0.25) is 9.59 Å². The van der Waals surface area contributed by atoms with Crippen LogP contribution in [0, 0.1) is 0 Å². The highest BCUT2D eigenvalue weighted by atomic mass is 35.5. The van der Waals surface area contributed by atoms with Gasteiger partial charge in [-0.2, -0.15) is 0 Å². The quantitative estimate of drug-likeness (QED) is 0.542. The average Bonchev–Trinajstić information content (AvgIpc) is 2.36. The smallest absolute Gasteiger partial charge is 0.231 e. The topological polar surface area (TPSA) is 86.6 Å². The Morgan fingerprint density at radius 3 is 2.32 bits per heavy atom. The van der Waals surface area contributed by atoms with E-state index in [0.29, 0.717) is 11.3 Å². The molecule has 1 aromatic rings. The lowest BCUT2D eigenvalue weighted by atomic mass is 10.1. The Hall–Kier alpha value is -1.43. The number of anilines is 1. The predicted octanol–water partition coefficient (Wildman–Crippen LogP) is 1.24. The Morgan fingerprint density at radius 1 is 1.26 bits per heavy atom. The zero-order valence-corrected chi connectivity index (χ0v) is 11.2. The SMILES string of the molecule is CC(=O)CC(=O)Nc1ccc(C(O)C(O)CCl)cc1. The van der Waals surface area contributed by atoms with Crippen LogP contribution in [-0.4, -0.2) is 33.9 Å². The molecule has 0 saturated carbocycles. The number of amides is 1. The van der Waals surface area contributed by atoms with Gasteiger partial charge in [-0.15, -0.1) is 11.6 Å². The molecule has 0 bridgehead atoms. The summed E-state index contributed by atoms with van der Waals surface area (Å²) in [5.74, 6) is -0.672. The van der Waals surface area contributed by atoms with E-state index in [1.54, 1.807) is 24.3 Å². The third-order valence-electron chi connectivity index (χ3n) is 2.47. The summed E-state index contributed by atoms with van der Waals surface area (Å²) in [6.07, 6.45) is -2.28. The molecule has 1 aromatic carbocycles. The number of carbonyl (C=O) groups excluding carboxylic acids is 2. The first kappa shape index (κ1) is 15.6. The molecule has 104 valence electrons. The Balaban J connectivity index is 2.66. The van der Waals surface area contributed by atoms with Crippen molar-refractivity contribution in [3.8, 4) is 0 Å². The fourth-order valence-electron chi connectivity index (χ4n) is 1.50. The average molecular weight is 286 g/mol. The fraction of sp³-hybridized carbons (Fsp3) is 0.385. The Labute approximate surface area is 116 Å². The zero-order valence-electron chi connectivity index (χ0n) is 10.5. The Morgan fingerprint density at radius 2 is 1.84 bits per heavy atom. The maximum absolute atomic E-state index is 11.4. The van der Waals surface area contributed by atoms with Gasteiger partial charge in [-0.1, -0.05) is 12.1 Å². The van der Waals surface area contributed by atoms with Crippen LogP contribution < -0.4 is 5.32 Å². The second-order valence-corrected chi connectivity index (χ2v) is 4.52. The van der Waals surface area contributed by atoms with Gasteiger partial charge in [0.2, 0.25) is 5.91 Å². The first-order valence-electron chi connectivity index (χ1n) is 5.75. The summed E-state index contributed by atoms with van der Waals surface area (Å²) in [7, 11) is 0. The molecule has 0 aliphatic rings. The number of hydrogen-bond acceptors (Lipinski definition) is 4. The highest BCUT2D eigenvalue weighted by Gasteiger charge is 2.17. The van der Waals surface area contributed by atoms with Crippen molar-refractivity contribution >= 4 is 29.0 Å². The molecule has 0 spiro atoms. The van der Waals surface area contributed by atoms with Crippen molar-refractivity contribution in [1.82, 2.24) is 0 Å². The molecular weight excluding hydrogens is 270 g/mol. The molecule has 19 heavy (non-hydrogen) atoms. The lowest BCUT2D eigenvalue weighted by molar-refractivity contribution is -0.124. The molecule has 1 amide bonds. The van der Waals surface area contributed by atoms with Crippen molar-refractivity contribution in [3.63, 3.8) is 0 Å². The van der Waals surface area contributed by atoms with Crippen LogP contribution in [0.25, 0.3) is 0 Å². The standard InChI is InChI=1S/C13H16ClNO4/c1-8(16)6-12(18)15-10-4-2-9(3-5-10)13(19)11(17)7-14/h2-5,11,13,17,19H,6-7H2,1H3,(H,15,18). The molecule has 3 N–H and O–H groups in total. The number of aliphatic hydroxyl groups is 2. The van der Waals surface area contributed by atoms with Crippen LogP contribution in [-0.2, 0) is 9.59 Å². The molecule has 0 heterocycles. The fourth-order valence-corrected chi connectivity index (χ4v) is 1.67. The van der Waals surface area contributed by atoms with E-state index >= 15 is 0 Å². The van der Waals surface area contributed by atoms with Crippen LogP contribution in [0.2, 0.25) is 0 Å². The maximum atomic E-state index is 11.4. The van der Waals surface area contributed by atoms with E-state index < -0.39 is 12.2 Å². The number of carbonyl (C=O) groups is 2. The lowest BCUT2D eigenvalue weighted by Gasteiger charge is -2.16. The van der Waals surface area contributed by atoms with Crippen molar-refractivity contribution in [1.29, 1.82) is 0 Å². The number of aliphatic hydroxyl groups excluding tert-OH is 2. The van der Waals surface area contributed by atoms with Gasteiger partial charge in [0.05, 0.1) is 18.4 Å². The Kier molecular flexibility index (Phi) is 5.95. The number of hydrogen-bond donors (Lipinski definition) is 3. The number of nitrogens with one attached hydrogen (secondary N) is 1. The van der Waals surface area contributed by atoms with E-state index in [4.69, 9.17) is 11.6 Å². The lowest BCUT2D eigenvalue weighted by Crippen LogP contribution is -2.19. The second-order valence-electron chi connectivity index (χ2n) is 4.22. The number of benzene rings is 1. The van der Waals surface area contributed by atoms with Gasteiger partial charge in [-0.25, -0.2) is 0 Å². The third-order valence-corrected chi connectivity index (χ3v) is 2.78. The summed E-state index contributed by atoms with van der Waals surface area (Å²) in [6.45, 7) is 1.34. The van der Waals surface area contributed by atoms with E-state index in [0.717, 1.165) is 0 Å².